The number of ether oxygens (including phenoxy) is 1. The van der Waals surface area contributed by atoms with Gasteiger partial charge in [-0.05, 0) is 38.0 Å². The highest BCUT2D eigenvalue weighted by atomic mass is 32.2. The van der Waals surface area contributed by atoms with Gasteiger partial charge >= 0.3 is 0 Å². The van der Waals surface area contributed by atoms with E-state index in [2.05, 4.69) is 5.32 Å². The molecule has 0 saturated carbocycles. The van der Waals surface area contributed by atoms with E-state index in [0.29, 0.717) is 18.8 Å². The number of aryl methyl sites for hydroxylation is 1. The fourth-order valence-corrected chi connectivity index (χ4v) is 4.36. The molecule has 1 atom stereocenters. The van der Waals surface area contributed by atoms with Gasteiger partial charge in [0.2, 0.25) is 21.8 Å². The first-order chi connectivity index (χ1) is 15.6. The molecule has 180 valence electrons. The fourth-order valence-electron chi connectivity index (χ4n) is 3.51. The minimum absolute atomic E-state index is 0.176. The summed E-state index contributed by atoms with van der Waals surface area (Å²) in [5.74, 6) is -0.428. The van der Waals surface area contributed by atoms with E-state index in [1.807, 2.05) is 38.1 Å². The second-order valence-corrected chi connectivity index (χ2v) is 9.62. The molecule has 0 aliphatic carbocycles. The third kappa shape index (κ3) is 6.95. The summed E-state index contributed by atoms with van der Waals surface area (Å²) in [5, 5.41) is 2.60. The lowest BCUT2D eigenvalue weighted by atomic mass is 10.1. The highest BCUT2D eigenvalue weighted by Gasteiger charge is 2.32. The van der Waals surface area contributed by atoms with Gasteiger partial charge in [-0.3, -0.25) is 13.9 Å². The molecule has 0 aromatic heterocycles. The second-order valence-electron chi connectivity index (χ2n) is 7.72. The number of hydrogen-bond acceptors (Lipinski definition) is 5. The van der Waals surface area contributed by atoms with Gasteiger partial charge in [-0.1, -0.05) is 48.9 Å². The van der Waals surface area contributed by atoms with Crippen LogP contribution in [0.1, 0.15) is 31.4 Å². The van der Waals surface area contributed by atoms with Gasteiger partial charge in [-0.15, -0.1) is 0 Å². The molecular weight excluding hydrogens is 442 g/mol. The first-order valence-corrected chi connectivity index (χ1v) is 12.7. The van der Waals surface area contributed by atoms with E-state index in [9.17, 15) is 18.0 Å². The topological polar surface area (TPSA) is 96.0 Å². The van der Waals surface area contributed by atoms with Crippen molar-refractivity contribution in [2.45, 2.75) is 39.8 Å². The predicted octanol–water partition coefficient (Wildman–Crippen LogP) is 2.71. The summed E-state index contributed by atoms with van der Waals surface area (Å²) in [6.07, 6.45) is 1.43. The van der Waals surface area contributed by atoms with Crippen molar-refractivity contribution in [2.75, 3.05) is 30.8 Å². The van der Waals surface area contributed by atoms with E-state index in [1.54, 1.807) is 31.2 Å². The number of likely N-dealkylation sites (N-methyl/N-ethyl adjacent to an activating group) is 1. The number of nitrogens with one attached hydrogen (secondary N) is 1. The summed E-state index contributed by atoms with van der Waals surface area (Å²) in [4.78, 5) is 27.5. The van der Waals surface area contributed by atoms with Crippen LogP contribution in [0.3, 0.4) is 0 Å². The van der Waals surface area contributed by atoms with Crippen LogP contribution in [0.25, 0.3) is 0 Å². The van der Waals surface area contributed by atoms with Gasteiger partial charge in [-0.2, -0.15) is 0 Å². The Morgan fingerprint density at radius 1 is 1.06 bits per heavy atom. The molecule has 0 bridgehead atoms. The quantitative estimate of drug-likeness (QED) is 0.539. The molecule has 2 aromatic carbocycles. The molecule has 0 spiro atoms. The smallest absolute Gasteiger partial charge is 0.244 e. The largest absolute Gasteiger partial charge is 0.492 e. The summed E-state index contributed by atoms with van der Waals surface area (Å²) < 4.78 is 32.0. The van der Waals surface area contributed by atoms with Crippen molar-refractivity contribution in [3.8, 4) is 5.75 Å². The Morgan fingerprint density at radius 3 is 2.24 bits per heavy atom. The van der Waals surface area contributed by atoms with Gasteiger partial charge < -0.3 is 15.0 Å². The molecule has 8 nitrogen and oxygen atoms in total. The minimum Gasteiger partial charge on any atom is -0.492 e. The van der Waals surface area contributed by atoms with Crippen LogP contribution in [0.4, 0.5) is 5.69 Å². The van der Waals surface area contributed by atoms with Crippen molar-refractivity contribution >= 4 is 27.5 Å². The van der Waals surface area contributed by atoms with E-state index in [4.69, 9.17) is 4.74 Å². The molecule has 0 heterocycles. The standard InChI is InChI=1S/C24H33N3O5S/c1-6-20(24(29)25-4)26(16-19-14-12-18(3)13-15-19)23(28)17-27(33(5,30)31)21-10-8-9-11-22(21)32-7-2/h8-15,20H,6-7,16-17H2,1-5H3,(H,25,29)/t20-/m1/s1. The third-order valence-corrected chi connectivity index (χ3v) is 6.35. The normalized spacial score (nSPS) is 12.0. The summed E-state index contributed by atoms with van der Waals surface area (Å²) >= 11 is 0. The Kier molecular flexibility index (Phi) is 9.28. The Labute approximate surface area is 196 Å². The Hall–Kier alpha value is -3.07. The van der Waals surface area contributed by atoms with Crippen LogP contribution < -0.4 is 14.4 Å². The number of hydrogen-bond donors (Lipinski definition) is 1. The molecule has 0 fully saturated rings. The van der Waals surface area contributed by atoms with E-state index in [1.165, 1.54) is 11.9 Å². The molecule has 33 heavy (non-hydrogen) atoms. The van der Waals surface area contributed by atoms with E-state index in [0.717, 1.165) is 21.7 Å². The molecule has 2 aromatic rings. The highest BCUT2D eigenvalue weighted by molar-refractivity contribution is 7.92. The minimum atomic E-state index is -3.82. The van der Waals surface area contributed by atoms with Crippen LogP contribution in [0, 0.1) is 6.92 Å². The lowest BCUT2D eigenvalue weighted by Crippen LogP contribution is -2.51. The molecule has 2 amide bonds. The van der Waals surface area contributed by atoms with E-state index >= 15 is 0 Å². The molecule has 1 N–H and O–H groups in total. The molecular formula is C24H33N3O5S. The zero-order valence-corrected chi connectivity index (χ0v) is 20.7. The third-order valence-electron chi connectivity index (χ3n) is 5.22. The lowest BCUT2D eigenvalue weighted by Gasteiger charge is -2.33. The number of rotatable bonds is 11. The van der Waals surface area contributed by atoms with Crippen molar-refractivity contribution in [1.29, 1.82) is 0 Å². The number of anilines is 1. The molecule has 0 saturated heterocycles. The van der Waals surface area contributed by atoms with Crippen molar-refractivity contribution in [1.82, 2.24) is 10.2 Å². The van der Waals surface area contributed by atoms with Crippen LogP contribution >= 0.6 is 0 Å². The highest BCUT2D eigenvalue weighted by Crippen LogP contribution is 2.30. The summed E-state index contributed by atoms with van der Waals surface area (Å²) in [6.45, 7) is 5.64. The SMILES string of the molecule is CCOc1ccccc1N(CC(=O)N(Cc1ccc(C)cc1)[C@H](CC)C(=O)NC)S(C)(=O)=O. The van der Waals surface area contributed by atoms with Crippen LogP contribution in [-0.4, -0.2) is 57.6 Å². The van der Waals surface area contributed by atoms with Gasteiger partial charge in [0.25, 0.3) is 0 Å². The van der Waals surface area contributed by atoms with Crippen LogP contribution in [0.5, 0.6) is 5.75 Å². The average molecular weight is 476 g/mol. The number of benzene rings is 2. The number of amides is 2. The Bertz CT molecular complexity index is 1050. The molecule has 0 aliphatic rings. The van der Waals surface area contributed by atoms with Crippen LogP contribution in [0.2, 0.25) is 0 Å². The summed E-state index contributed by atoms with van der Waals surface area (Å²) in [5.41, 5.74) is 2.20. The zero-order chi connectivity index (χ0) is 24.6. The summed E-state index contributed by atoms with van der Waals surface area (Å²) in [7, 11) is -2.30. The maximum atomic E-state index is 13.5. The van der Waals surface area contributed by atoms with Gasteiger partial charge in [-0.25, -0.2) is 8.42 Å². The monoisotopic (exact) mass is 475 g/mol. The first-order valence-electron chi connectivity index (χ1n) is 10.9. The van der Waals surface area contributed by atoms with Gasteiger partial charge in [0.05, 0.1) is 18.6 Å². The number of carbonyl (C=O) groups excluding carboxylic acids is 2. The number of carbonyl (C=O) groups is 2. The molecule has 9 heteroatoms. The number of sulfonamides is 1. The van der Waals surface area contributed by atoms with Gasteiger partial charge in [0.1, 0.15) is 18.3 Å². The Balaban J connectivity index is 2.46. The molecule has 0 radical (unpaired) electrons. The fraction of sp³-hybridized carbons (Fsp3) is 0.417. The molecule has 2 rings (SSSR count). The number of para-hydroxylation sites is 2. The van der Waals surface area contributed by atoms with Crippen molar-refractivity contribution in [2.24, 2.45) is 0 Å². The second kappa shape index (κ2) is 11.7. The molecule has 0 aliphatic heterocycles. The van der Waals surface area contributed by atoms with E-state index < -0.39 is 28.5 Å². The predicted molar refractivity (Wildman–Crippen MR) is 130 cm³/mol. The van der Waals surface area contributed by atoms with Crippen LogP contribution in [-0.2, 0) is 26.2 Å². The van der Waals surface area contributed by atoms with Crippen molar-refractivity contribution in [3.63, 3.8) is 0 Å². The zero-order valence-electron chi connectivity index (χ0n) is 19.9. The van der Waals surface area contributed by atoms with Gasteiger partial charge in [0, 0.05) is 13.6 Å². The maximum Gasteiger partial charge on any atom is 0.244 e. The summed E-state index contributed by atoms with van der Waals surface area (Å²) in [6, 6.07) is 13.6. The Morgan fingerprint density at radius 2 is 1.70 bits per heavy atom. The lowest BCUT2D eigenvalue weighted by molar-refractivity contribution is -0.140. The van der Waals surface area contributed by atoms with Crippen LogP contribution in [0.15, 0.2) is 48.5 Å². The molecule has 0 unspecified atom stereocenters. The van der Waals surface area contributed by atoms with E-state index in [-0.39, 0.29) is 18.1 Å². The average Bonchev–Trinajstić information content (AvgIpc) is 2.78. The first kappa shape index (κ1) is 26.2. The van der Waals surface area contributed by atoms with Crippen molar-refractivity contribution < 1.29 is 22.7 Å². The van der Waals surface area contributed by atoms with Crippen molar-refractivity contribution in [3.05, 3.63) is 59.7 Å². The number of nitrogens with zero attached hydrogens (tertiary/aromatic N) is 2. The maximum absolute atomic E-state index is 13.5. The van der Waals surface area contributed by atoms with Gasteiger partial charge in [0.15, 0.2) is 0 Å².